The van der Waals surface area contributed by atoms with E-state index in [0.717, 1.165) is 11.7 Å². The van der Waals surface area contributed by atoms with Gasteiger partial charge in [-0.2, -0.15) is 5.26 Å². The topological polar surface area (TPSA) is 82.2 Å². The highest BCUT2D eigenvalue weighted by atomic mass is 19.3. The summed E-state index contributed by atoms with van der Waals surface area (Å²) in [6, 6.07) is 10.3. The number of carbonyl (C=O) groups is 1. The third kappa shape index (κ3) is 6.09. The second-order valence-electron chi connectivity index (χ2n) is 6.96. The number of pyridine rings is 1. The van der Waals surface area contributed by atoms with Gasteiger partial charge < -0.3 is 14.6 Å². The van der Waals surface area contributed by atoms with Crippen molar-refractivity contribution in [2.45, 2.75) is 32.6 Å². The summed E-state index contributed by atoms with van der Waals surface area (Å²) in [5.41, 5.74) is 2.11. The van der Waals surface area contributed by atoms with Crippen molar-refractivity contribution in [1.82, 2.24) is 14.5 Å². The highest BCUT2D eigenvalue weighted by Gasteiger charge is 2.32. The van der Waals surface area contributed by atoms with E-state index in [1.807, 2.05) is 37.9 Å². The van der Waals surface area contributed by atoms with Crippen molar-refractivity contribution < 1.29 is 18.7 Å². The molecule has 2 aromatic heterocycles. The number of benzene rings is 1. The first-order valence-electron chi connectivity index (χ1n) is 10.0. The van der Waals surface area contributed by atoms with E-state index in [4.69, 9.17) is 5.26 Å². The summed E-state index contributed by atoms with van der Waals surface area (Å²) in [4.78, 5) is 16.9. The average molecular weight is 428 g/mol. The number of fused-ring (bicyclic) bond motifs is 1. The number of carbonyl (C=O) groups excluding carboxylic acids is 1. The number of hydrogen-bond donors (Lipinski definition) is 1. The Balaban J connectivity index is 0.000000261. The number of piperidine rings is 1. The normalized spacial score (nSPS) is 15.1. The monoisotopic (exact) mass is 428 g/mol. The molecule has 0 spiro atoms. The lowest BCUT2D eigenvalue weighted by atomic mass is 10.1. The Kier molecular flexibility index (Phi) is 8.22. The zero-order chi connectivity index (χ0) is 23.0. The van der Waals surface area contributed by atoms with Crippen molar-refractivity contribution in [3.63, 3.8) is 0 Å². The van der Waals surface area contributed by atoms with Crippen molar-refractivity contribution in [3.8, 4) is 17.5 Å². The maximum Gasteiger partial charge on any atom is 0.250 e. The van der Waals surface area contributed by atoms with E-state index >= 15 is 0 Å². The molecule has 1 aliphatic rings. The summed E-state index contributed by atoms with van der Waals surface area (Å²) in [6.45, 7) is 5.07. The van der Waals surface area contributed by atoms with Gasteiger partial charge in [-0.25, -0.2) is 13.8 Å². The van der Waals surface area contributed by atoms with Gasteiger partial charge in [0.05, 0.1) is 11.3 Å². The Hall–Kier alpha value is -3.31. The SMILES string of the molecule is CC.CN1CCC(F)(F)CC1.N#Cc1ccc(-n2ccc3cc(C=O)cnc32)cc1O. The lowest BCUT2D eigenvalue weighted by molar-refractivity contribution is -0.0504. The number of aromatic nitrogens is 2. The predicted molar refractivity (Wildman–Crippen MR) is 116 cm³/mol. The molecule has 3 aromatic rings. The summed E-state index contributed by atoms with van der Waals surface area (Å²) in [6.07, 6.45) is 4.10. The van der Waals surface area contributed by atoms with E-state index in [-0.39, 0.29) is 24.2 Å². The number of phenols is 1. The predicted octanol–water partition coefficient (Wildman–Crippen LogP) is 4.79. The first-order valence-corrected chi connectivity index (χ1v) is 10.0. The Labute approximate surface area is 180 Å². The fourth-order valence-corrected chi connectivity index (χ4v) is 3.02. The number of aromatic hydroxyl groups is 1. The van der Waals surface area contributed by atoms with Crippen LogP contribution in [0.15, 0.2) is 42.7 Å². The van der Waals surface area contributed by atoms with Gasteiger partial charge in [-0.15, -0.1) is 0 Å². The van der Waals surface area contributed by atoms with Gasteiger partial charge in [-0.3, -0.25) is 4.79 Å². The van der Waals surface area contributed by atoms with Crippen LogP contribution in [-0.4, -0.2) is 51.9 Å². The quantitative estimate of drug-likeness (QED) is 0.594. The van der Waals surface area contributed by atoms with E-state index in [2.05, 4.69) is 4.98 Å². The summed E-state index contributed by atoms with van der Waals surface area (Å²) in [7, 11) is 1.87. The second-order valence-corrected chi connectivity index (χ2v) is 6.96. The maximum atomic E-state index is 12.4. The van der Waals surface area contributed by atoms with Crippen LogP contribution < -0.4 is 0 Å². The van der Waals surface area contributed by atoms with Gasteiger partial charge in [0.15, 0.2) is 6.29 Å². The standard InChI is InChI=1S/C15H9N3O2.C6H11F2N.C2H6/c16-7-12-1-2-13(6-14(12)20)18-4-3-11-5-10(9-19)8-17-15(11)18;1-9-4-2-6(7,8)3-5-9;1-2/h1-6,8-9,20H;2-5H2,1H3;1-2H3. The largest absolute Gasteiger partial charge is 0.506 e. The molecule has 3 heterocycles. The fourth-order valence-electron chi connectivity index (χ4n) is 3.02. The molecule has 0 saturated carbocycles. The number of aldehydes is 1. The molecule has 1 N–H and O–H groups in total. The van der Waals surface area contributed by atoms with E-state index in [0.29, 0.717) is 30.0 Å². The molecule has 31 heavy (non-hydrogen) atoms. The van der Waals surface area contributed by atoms with Crippen LogP contribution in [0.1, 0.15) is 42.6 Å². The Morgan fingerprint density at radius 3 is 2.42 bits per heavy atom. The van der Waals surface area contributed by atoms with Gasteiger partial charge in [0, 0.05) is 55.3 Å². The molecule has 8 heteroatoms. The molecule has 4 rings (SSSR count). The Morgan fingerprint density at radius 2 is 1.87 bits per heavy atom. The smallest absolute Gasteiger partial charge is 0.250 e. The number of nitriles is 1. The molecule has 0 amide bonds. The van der Waals surface area contributed by atoms with E-state index in [1.54, 1.807) is 29.0 Å². The van der Waals surface area contributed by atoms with Crippen molar-refractivity contribution in [2.24, 2.45) is 0 Å². The second kappa shape index (κ2) is 10.6. The number of halogens is 2. The molecule has 1 aliphatic heterocycles. The molecule has 0 aliphatic carbocycles. The Bertz CT molecular complexity index is 1060. The molecule has 0 radical (unpaired) electrons. The molecule has 1 fully saturated rings. The highest BCUT2D eigenvalue weighted by Crippen LogP contribution is 2.26. The van der Waals surface area contributed by atoms with Gasteiger partial charge >= 0.3 is 0 Å². The first-order chi connectivity index (χ1) is 14.8. The van der Waals surface area contributed by atoms with Crippen LogP contribution in [-0.2, 0) is 0 Å². The minimum atomic E-state index is -2.38. The molecule has 1 aromatic carbocycles. The van der Waals surface area contributed by atoms with E-state index < -0.39 is 5.92 Å². The number of alkyl halides is 2. The number of likely N-dealkylation sites (tertiary alicyclic amines) is 1. The van der Waals surface area contributed by atoms with Gasteiger partial charge in [0.1, 0.15) is 17.5 Å². The van der Waals surface area contributed by atoms with Crippen LogP contribution in [0.4, 0.5) is 8.78 Å². The van der Waals surface area contributed by atoms with E-state index in [1.165, 1.54) is 12.3 Å². The van der Waals surface area contributed by atoms with Crippen molar-refractivity contribution in [2.75, 3.05) is 20.1 Å². The molecule has 6 nitrogen and oxygen atoms in total. The number of hydrogen-bond acceptors (Lipinski definition) is 5. The van der Waals surface area contributed by atoms with E-state index in [9.17, 15) is 18.7 Å². The lowest BCUT2D eigenvalue weighted by Crippen LogP contribution is -2.36. The number of phenolic OH excluding ortho intramolecular Hbond substituents is 1. The Morgan fingerprint density at radius 1 is 1.19 bits per heavy atom. The zero-order valence-electron chi connectivity index (χ0n) is 17.8. The molecular formula is C23H26F2N4O2. The van der Waals surface area contributed by atoms with Gasteiger partial charge in [0.25, 0.3) is 5.92 Å². The van der Waals surface area contributed by atoms with Crippen LogP contribution in [0.25, 0.3) is 16.7 Å². The van der Waals surface area contributed by atoms with Gasteiger partial charge in [0.2, 0.25) is 0 Å². The molecular weight excluding hydrogens is 402 g/mol. The third-order valence-corrected chi connectivity index (χ3v) is 4.78. The van der Waals surface area contributed by atoms with Crippen LogP contribution in [0.5, 0.6) is 5.75 Å². The number of rotatable bonds is 2. The lowest BCUT2D eigenvalue weighted by Gasteiger charge is -2.28. The zero-order valence-corrected chi connectivity index (χ0v) is 17.8. The maximum absolute atomic E-state index is 12.4. The van der Waals surface area contributed by atoms with Crippen LogP contribution in [0.3, 0.4) is 0 Å². The molecule has 1 saturated heterocycles. The van der Waals surface area contributed by atoms with Gasteiger partial charge in [-0.1, -0.05) is 13.8 Å². The summed E-state index contributed by atoms with van der Waals surface area (Å²) < 4.78 is 26.5. The highest BCUT2D eigenvalue weighted by molar-refractivity contribution is 5.85. The van der Waals surface area contributed by atoms with Crippen molar-refractivity contribution in [1.29, 1.82) is 5.26 Å². The summed E-state index contributed by atoms with van der Waals surface area (Å²) in [5, 5.41) is 19.4. The third-order valence-electron chi connectivity index (χ3n) is 4.78. The summed E-state index contributed by atoms with van der Waals surface area (Å²) >= 11 is 0. The van der Waals surface area contributed by atoms with Gasteiger partial charge in [-0.05, 0) is 31.3 Å². The molecule has 164 valence electrons. The molecule has 0 atom stereocenters. The molecule has 0 unspecified atom stereocenters. The van der Waals surface area contributed by atoms with Crippen LogP contribution >= 0.6 is 0 Å². The summed E-state index contributed by atoms with van der Waals surface area (Å²) in [5.74, 6) is -2.46. The number of nitrogens with zero attached hydrogens (tertiary/aromatic N) is 4. The van der Waals surface area contributed by atoms with Crippen molar-refractivity contribution in [3.05, 3.63) is 53.9 Å². The van der Waals surface area contributed by atoms with Crippen LogP contribution in [0.2, 0.25) is 0 Å². The molecule has 0 bridgehead atoms. The fraction of sp³-hybridized carbons (Fsp3) is 0.348. The van der Waals surface area contributed by atoms with Crippen molar-refractivity contribution >= 4 is 17.3 Å². The minimum absolute atomic E-state index is 0.0312. The average Bonchev–Trinajstić information content (AvgIpc) is 3.21. The minimum Gasteiger partial charge on any atom is -0.506 e. The first kappa shape index (κ1) is 24.0. The van der Waals surface area contributed by atoms with Crippen LogP contribution in [0, 0.1) is 11.3 Å².